The summed E-state index contributed by atoms with van der Waals surface area (Å²) in [6.07, 6.45) is 2.20. The molecule has 86 valence electrons. The van der Waals surface area contributed by atoms with Crippen LogP contribution in [0.5, 0.6) is 0 Å². The smallest absolute Gasteiger partial charge is 0.251 e. The van der Waals surface area contributed by atoms with Gasteiger partial charge in [-0.25, -0.2) is 0 Å². The number of hydrogen-bond donors (Lipinski definition) is 2. The van der Waals surface area contributed by atoms with E-state index in [1.807, 2.05) is 24.3 Å². The molecule has 3 nitrogen and oxygen atoms in total. The quantitative estimate of drug-likeness (QED) is 0.811. The van der Waals surface area contributed by atoms with Gasteiger partial charge in [-0.05, 0) is 36.5 Å². The molecular weight excluding hydrogens is 200 g/mol. The third-order valence-corrected chi connectivity index (χ3v) is 3.13. The van der Waals surface area contributed by atoms with Crippen molar-refractivity contribution in [3.63, 3.8) is 0 Å². The van der Waals surface area contributed by atoms with Gasteiger partial charge in [0.15, 0.2) is 0 Å². The molecule has 0 spiro atoms. The molecule has 0 aliphatic heterocycles. The van der Waals surface area contributed by atoms with Gasteiger partial charge in [0.2, 0.25) is 0 Å². The molecule has 0 radical (unpaired) electrons. The summed E-state index contributed by atoms with van der Waals surface area (Å²) in [5, 5.41) is 3.03. The van der Waals surface area contributed by atoms with Gasteiger partial charge in [0.25, 0.3) is 5.91 Å². The van der Waals surface area contributed by atoms with Crippen LogP contribution in [-0.2, 0) is 6.54 Å². The Labute approximate surface area is 96.0 Å². The Balaban J connectivity index is 1.97. The van der Waals surface area contributed by atoms with Crippen LogP contribution in [0.4, 0.5) is 0 Å². The normalized spacial score (nSPS) is 23.6. The fourth-order valence-corrected chi connectivity index (χ4v) is 2.13. The summed E-state index contributed by atoms with van der Waals surface area (Å²) in [7, 11) is 0. The minimum atomic E-state index is 0.0206. The molecule has 0 unspecified atom stereocenters. The van der Waals surface area contributed by atoms with Crippen molar-refractivity contribution < 1.29 is 4.79 Å². The lowest BCUT2D eigenvalue weighted by Gasteiger charge is -2.33. The molecule has 0 aromatic heterocycles. The van der Waals surface area contributed by atoms with Gasteiger partial charge < -0.3 is 11.1 Å². The van der Waals surface area contributed by atoms with E-state index in [1.165, 1.54) is 0 Å². The summed E-state index contributed by atoms with van der Waals surface area (Å²) in [5.74, 6) is 0.771. The number of rotatable bonds is 3. The van der Waals surface area contributed by atoms with E-state index >= 15 is 0 Å². The van der Waals surface area contributed by atoms with Crippen molar-refractivity contribution >= 4 is 5.91 Å². The molecule has 0 heterocycles. The fourth-order valence-electron chi connectivity index (χ4n) is 2.13. The van der Waals surface area contributed by atoms with E-state index in [0.29, 0.717) is 18.2 Å². The Kier molecular flexibility index (Phi) is 3.25. The molecule has 2 rings (SSSR count). The maximum Gasteiger partial charge on any atom is 0.251 e. The van der Waals surface area contributed by atoms with Crippen LogP contribution in [0.2, 0.25) is 0 Å². The molecule has 0 saturated heterocycles. The van der Waals surface area contributed by atoms with Gasteiger partial charge in [-0.3, -0.25) is 4.79 Å². The first-order chi connectivity index (χ1) is 7.69. The van der Waals surface area contributed by atoms with Crippen molar-refractivity contribution in [3.8, 4) is 0 Å². The van der Waals surface area contributed by atoms with E-state index in [9.17, 15) is 4.79 Å². The van der Waals surface area contributed by atoms with Crippen molar-refractivity contribution in [2.75, 3.05) is 0 Å². The minimum absolute atomic E-state index is 0.0206. The topological polar surface area (TPSA) is 55.1 Å². The molecule has 1 amide bonds. The van der Waals surface area contributed by atoms with Crippen molar-refractivity contribution in [1.82, 2.24) is 5.32 Å². The molecule has 16 heavy (non-hydrogen) atoms. The second kappa shape index (κ2) is 4.66. The number of benzene rings is 1. The fraction of sp³-hybridized carbons (Fsp3) is 0.462. The highest BCUT2D eigenvalue weighted by Gasteiger charge is 2.26. The molecule has 3 heteroatoms. The van der Waals surface area contributed by atoms with Crippen molar-refractivity contribution in [3.05, 3.63) is 35.4 Å². The van der Waals surface area contributed by atoms with E-state index in [2.05, 4.69) is 12.2 Å². The van der Waals surface area contributed by atoms with Gasteiger partial charge in [-0.1, -0.05) is 19.1 Å². The monoisotopic (exact) mass is 218 g/mol. The lowest BCUT2D eigenvalue weighted by Crippen LogP contribution is -2.43. The van der Waals surface area contributed by atoms with Gasteiger partial charge in [0, 0.05) is 18.2 Å². The molecule has 1 aliphatic carbocycles. The Morgan fingerprint density at radius 1 is 1.50 bits per heavy atom. The van der Waals surface area contributed by atoms with Crippen LogP contribution >= 0.6 is 0 Å². The van der Waals surface area contributed by atoms with Gasteiger partial charge in [0.05, 0.1) is 0 Å². The van der Waals surface area contributed by atoms with Crippen molar-refractivity contribution in [2.45, 2.75) is 32.4 Å². The zero-order valence-corrected chi connectivity index (χ0v) is 9.57. The molecule has 1 aromatic carbocycles. The highest BCUT2D eigenvalue weighted by Crippen LogP contribution is 2.26. The lowest BCUT2D eigenvalue weighted by molar-refractivity contribution is 0.0896. The Bertz CT molecular complexity index is 383. The van der Waals surface area contributed by atoms with E-state index < -0.39 is 0 Å². The largest absolute Gasteiger partial charge is 0.349 e. The van der Waals surface area contributed by atoms with Crippen LogP contribution in [0.25, 0.3) is 0 Å². The predicted molar refractivity (Wildman–Crippen MR) is 64.0 cm³/mol. The maximum absolute atomic E-state index is 11.9. The molecule has 1 saturated carbocycles. The van der Waals surface area contributed by atoms with Gasteiger partial charge >= 0.3 is 0 Å². The molecular formula is C13H18N2O. The lowest BCUT2D eigenvalue weighted by atomic mass is 9.82. The van der Waals surface area contributed by atoms with Crippen LogP contribution < -0.4 is 11.1 Å². The molecule has 0 bridgehead atoms. The number of carbonyl (C=O) groups is 1. The summed E-state index contributed by atoms with van der Waals surface area (Å²) in [5.41, 5.74) is 7.25. The van der Waals surface area contributed by atoms with Crippen molar-refractivity contribution in [2.24, 2.45) is 11.7 Å². The summed E-state index contributed by atoms with van der Waals surface area (Å²) in [6.45, 7) is 2.68. The number of nitrogens with two attached hydrogens (primary N) is 1. The van der Waals surface area contributed by atoms with Crippen molar-refractivity contribution in [1.29, 1.82) is 0 Å². The van der Waals surface area contributed by atoms with Crippen LogP contribution in [-0.4, -0.2) is 11.9 Å². The van der Waals surface area contributed by atoms with Crippen LogP contribution in [0.15, 0.2) is 24.3 Å². The number of nitrogens with one attached hydrogen (secondary N) is 1. The van der Waals surface area contributed by atoms with Gasteiger partial charge in [0.1, 0.15) is 0 Å². The van der Waals surface area contributed by atoms with E-state index in [0.717, 1.165) is 24.3 Å². The Morgan fingerprint density at radius 3 is 2.88 bits per heavy atom. The average molecular weight is 218 g/mol. The maximum atomic E-state index is 11.9. The average Bonchev–Trinajstić information content (AvgIpc) is 2.27. The SMILES string of the molecule is CC1CC(NC(=O)c2cccc(CN)c2)C1. The van der Waals surface area contributed by atoms with Crippen LogP contribution in [0.3, 0.4) is 0 Å². The Hall–Kier alpha value is -1.35. The third-order valence-electron chi connectivity index (χ3n) is 3.13. The second-order valence-electron chi connectivity index (χ2n) is 4.65. The molecule has 1 aliphatic rings. The number of carbonyl (C=O) groups excluding carboxylic acids is 1. The van der Waals surface area contributed by atoms with E-state index in [-0.39, 0.29) is 5.91 Å². The van der Waals surface area contributed by atoms with E-state index in [4.69, 9.17) is 5.73 Å². The van der Waals surface area contributed by atoms with Crippen LogP contribution in [0.1, 0.15) is 35.7 Å². The van der Waals surface area contributed by atoms with E-state index in [1.54, 1.807) is 0 Å². The zero-order chi connectivity index (χ0) is 11.5. The first kappa shape index (κ1) is 11.1. The number of amides is 1. The molecule has 0 atom stereocenters. The summed E-state index contributed by atoms with van der Waals surface area (Å²) < 4.78 is 0. The highest BCUT2D eigenvalue weighted by atomic mass is 16.1. The van der Waals surface area contributed by atoms with Gasteiger partial charge in [-0.15, -0.1) is 0 Å². The second-order valence-corrected chi connectivity index (χ2v) is 4.65. The Morgan fingerprint density at radius 2 is 2.25 bits per heavy atom. The zero-order valence-electron chi connectivity index (χ0n) is 9.57. The summed E-state index contributed by atoms with van der Waals surface area (Å²) >= 11 is 0. The number of hydrogen-bond acceptors (Lipinski definition) is 2. The molecule has 1 aromatic rings. The first-order valence-electron chi connectivity index (χ1n) is 5.79. The van der Waals surface area contributed by atoms with Gasteiger partial charge in [-0.2, -0.15) is 0 Å². The summed E-state index contributed by atoms with van der Waals surface area (Å²) in [6, 6.07) is 7.86. The standard InChI is InChI=1S/C13H18N2O/c1-9-5-12(6-9)15-13(16)11-4-2-3-10(7-11)8-14/h2-4,7,9,12H,5-6,8,14H2,1H3,(H,15,16). The first-order valence-corrected chi connectivity index (χ1v) is 5.79. The predicted octanol–water partition coefficient (Wildman–Crippen LogP) is 1.67. The molecule has 3 N–H and O–H groups in total. The molecule has 1 fully saturated rings. The van der Waals surface area contributed by atoms with Crippen LogP contribution in [0, 0.1) is 5.92 Å². The summed E-state index contributed by atoms with van der Waals surface area (Å²) in [4.78, 5) is 11.9. The minimum Gasteiger partial charge on any atom is -0.349 e. The highest BCUT2D eigenvalue weighted by molar-refractivity contribution is 5.94. The third kappa shape index (κ3) is 2.42.